The van der Waals surface area contributed by atoms with E-state index in [-0.39, 0.29) is 5.89 Å². The largest absolute Gasteiger partial charge is 0.449 e. The Morgan fingerprint density at radius 2 is 2.07 bits per heavy atom. The minimum absolute atomic E-state index is 0.199. The summed E-state index contributed by atoms with van der Waals surface area (Å²) in [6.45, 7) is 5.51. The Hall–Kier alpha value is -3.88. The number of ether oxygens (including phenoxy) is 1. The van der Waals surface area contributed by atoms with Crippen LogP contribution < -0.4 is 0 Å². The van der Waals surface area contributed by atoms with E-state index in [0.29, 0.717) is 22.8 Å². The molecule has 0 saturated heterocycles. The predicted octanol–water partition coefficient (Wildman–Crippen LogP) is 3.25. The molecule has 4 aromatic rings. The molecule has 0 fully saturated rings. The Morgan fingerprint density at radius 1 is 1.21 bits per heavy atom. The van der Waals surface area contributed by atoms with Gasteiger partial charge in [-0.3, -0.25) is 4.98 Å². The fraction of sp³-hybridized carbons (Fsp3) is 0.200. The van der Waals surface area contributed by atoms with Crippen LogP contribution >= 0.6 is 0 Å². The normalized spacial score (nSPS) is 12.0. The van der Waals surface area contributed by atoms with E-state index in [1.807, 2.05) is 26.0 Å². The number of nitrogens with zero attached hydrogens (tertiary/aromatic N) is 6. The number of aryl methyl sites for hydroxylation is 2. The maximum Gasteiger partial charge on any atom is 0.340 e. The number of pyridine rings is 2. The lowest BCUT2D eigenvalue weighted by Crippen LogP contribution is -2.11. The molecule has 0 aliphatic heterocycles. The predicted molar refractivity (Wildman–Crippen MR) is 102 cm³/mol. The van der Waals surface area contributed by atoms with Crippen LogP contribution in [0.15, 0.2) is 53.4 Å². The minimum Gasteiger partial charge on any atom is -0.449 e. The topological polar surface area (TPSA) is 109 Å². The Kier molecular flexibility index (Phi) is 4.86. The van der Waals surface area contributed by atoms with Gasteiger partial charge < -0.3 is 9.26 Å². The van der Waals surface area contributed by atoms with E-state index in [9.17, 15) is 4.79 Å². The van der Waals surface area contributed by atoms with Gasteiger partial charge in [-0.2, -0.15) is 10.1 Å². The number of hydrogen-bond donors (Lipinski definition) is 0. The summed E-state index contributed by atoms with van der Waals surface area (Å²) in [6.07, 6.45) is 4.02. The molecule has 0 aliphatic rings. The average Bonchev–Trinajstić information content (AvgIpc) is 3.35. The lowest BCUT2D eigenvalue weighted by atomic mass is 10.2. The van der Waals surface area contributed by atoms with Crippen molar-refractivity contribution in [3.8, 4) is 17.2 Å². The molecule has 0 spiro atoms. The van der Waals surface area contributed by atoms with Crippen molar-refractivity contribution in [2.24, 2.45) is 0 Å². The highest BCUT2D eigenvalue weighted by Crippen LogP contribution is 2.21. The van der Waals surface area contributed by atoms with Crippen LogP contribution in [0, 0.1) is 13.8 Å². The molecule has 0 radical (unpaired) electrons. The monoisotopic (exact) mass is 390 g/mol. The second-order valence-electron chi connectivity index (χ2n) is 6.49. The fourth-order valence-corrected chi connectivity index (χ4v) is 2.78. The molecule has 9 heteroatoms. The van der Waals surface area contributed by atoms with Crippen LogP contribution in [-0.4, -0.2) is 35.9 Å². The molecule has 0 amide bonds. The van der Waals surface area contributed by atoms with E-state index in [1.54, 1.807) is 42.2 Å². The van der Waals surface area contributed by atoms with Crippen LogP contribution in [0.2, 0.25) is 0 Å². The van der Waals surface area contributed by atoms with Crippen molar-refractivity contribution in [3.63, 3.8) is 0 Å². The quantitative estimate of drug-likeness (QED) is 0.478. The SMILES string of the molecule is Cc1cc(C)n(-c2ccc(C(=O)OC(C)c3nc(-c4cccnc4)no3)cn2)n1. The van der Waals surface area contributed by atoms with Gasteiger partial charge in [-0.05, 0) is 51.1 Å². The average molecular weight is 390 g/mol. The summed E-state index contributed by atoms with van der Waals surface area (Å²) < 4.78 is 12.4. The third-order valence-corrected chi connectivity index (χ3v) is 4.20. The molecule has 0 N–H and O–H groups in total. The summed E-state index contributed by atoms with van der Waals surface area (Å²) in [5.41, 5.74) is 2.88. The van der Waals surface area contributed by atoms with Crippen molar-refractivity contribution in [2.45, 2.75) is 26.9 Å². The number of carbonyl (C=O) groups excluding carboxylic acids is 1. The Balaban J connectivity index is 1.45. The molecule has 9 nitrogen and oxygen atoms in total. The molecule has 0 aromatic carbocycles. The van der Waals surface area contributed by atoms with Gasteiger partial charge in [-0.25, -0.2) is 14.5 Å². The summed E-state index contributed by atoms with van der Waals surface area (Å²) >= 11 is 0. The number of rotatable bonds is 5. The van der Waals surface area contributed by atoms with Gasteiger partial charge in [0.05, 0.1) is 11.3 Å². The van der Waals surface area contributed by atoms with E-state index >= 15 is 0 Å². The van der Waals surface area contributed by atoms with Gasteiger partial charge in [0, 0.05) is 29.8 Å². The first-order chi connectivity index (χ1) is 14.0. The van der Waals surface area contributed by atoms with Gasteiger partial charge in [-0.15, -0.1) is 0 Å². The standard InChI is InChI=1S/C20H18N6O3/c1-12-9-13(2)26(24-12)17-7-6-16(11-22-17)20(27)28-14(3)19-23-18(25-29-19)15-5-4-8-21-10-15/h4-11,14H,1-3H3. The molecular weight excluding hydrogens is 372 g/mol. The minimum atomic E-state index is -0.712. The van der Waals surface area contributed by atoms with Crippen molar-refractivity contribution in [1.29, 1.82) is 0 Å². The summed E-state index contributed by atoms with van der Waals surface area (Å²) in [5.74, 6) is 0.667. The van der Waals surface area contributed by atoms with Crippen LogP contribution in [0.25, 0.3) is 17.2 Å². The second-order valence-corrected chi connectivity index (χ2v) is 6.49. The van der Waals surface area contributed by atoms with Crippen LogP contribution in [0.3, 0.4) is 0 Å². The van der Waals surface area contributed by atoms with E-state index in [1.165, 1.54) is 6.20 Å². The molecule has 4 aromatic heterocycles. The van der Waals surface area contributed by atoms with Gasteiger partial charge >= 0.3 is 5.97 Å². The van der Waals surface area contributed by atoms with Crippen molar-refractivity contribution in [3.05, 3.63) is 71.8 Å². The molecule has 0 saturated carbocycles. The van der Waals surface area contributed by atoms with E-state index in [0.717, 1.165) is 11.4 Å². The van der Waals surface area contributed by atoms with E-state index in [4.69, 9.17) is 9.26 Å². The Labute approximate surface area is 166 Å². The van der Waals surface area contributed by atoms with Gasteiger partial charge in [0.1, 0.15) is 0 Å². The molecule has 1 atom stereocenters. The summed E-state index contributed by atoms with van der Waals surface area (Å²) in [6, 6.07) is 8.90. The number of carbonyl (C=O) groups is 1. The third kappa shape index (κ3) is 3.88. The maximum atomic E-state index is 12.4. The van der Waals surface area contributed by atoms with Gasteiger partial charge in [0.15, 0.2) is 11.9 Å². The molecule has 4 rings (SSSR count). The highest BCUT2D eigenvalue weighted by molar-refractivity contribution is 5.89. The van der Waals surface area contributed by atoms with Crippen molar-refractivity contribution in [2.75, 3.05) is 0 Å². The molecular formula is C20H18N6O3. The van der Waals surface area contributed by atoms with E-state index in [2.05, 4.69) is 25.2 Å². The molecule has 29 heavy (non-hydrogen) atoms. The second kappa shape index (κ2) is 7.63. The number of aromatic nitrogens is 6. The maximum absolute atomic E-state index is 12.4. The first-order valence-corrected chi connectivity index (χ1v) is 8.96. The number of hydrogen-bond acceptors (Lipinski definition) is 8. The molecule has 0 aliphatic carbocycles. The molecule has 146 valence electrons. The lowest BCUT2D eigenvalue weighted by molar-refractivity contribution is 0.0265. The smallest absolute Gasteiger partial charge is 0.340 e. The first kappa shape index (κ1) is 18.5. The zero-order valence-electron chi connectivity index (χ0n) is 16.1. The Bertz CT molecular complexity index is 1130. The van der Waals surface area contributed by atoms with Crippen LogP contribution in [-0.2, 0) is 4.74 Å². The summed E-state index contributed by atoms with van der Waals surface area (Å²) in [4.78, 5) is 25.0. The molecule has 4 heterocycles. The first-order valence-electron chi connectivity index (χ1n) is 8.96. The van der Waals surface area contributed by atoms with Gasteiger partial charge in [-0.1, -0.05) is 5.16 Å². The number of esters is 1. The summed E-state index contributed by atoms with van der Waals surface area (Å²) in [7, 11) is 0. The fourth-order valence-electron chi connectivity index (χ4n) is 2.78. The van der Waals surface area contributed by atoms with Crippen molar-refractivity contribution in [1.82, 2.24) is 29.9 Å². The Morgan fingerprint density at radius 3 is 2.72 bits per heavy atom. The van der Waals surface area contributed by atoms with Gasteiger partial charge in [0.2, 0.25) is 5.82 Å². The van der Waals surface area contributed by atoms with E-state index < -0.39 is 12.1 Å². The highest BCUT2D eigenvalue weighted by atomic mass is 16.6. The van der Waals surface area contributed by atoms with Crippen LogP contribution in [0.4, 0.5) is 0 Å². The third-order valence-electron chi connectivity index (χ3n) is 4.20. The van der Waals surface area contributed by atoms with Gasteiger partial charge in [0.25, 0.3) is 5.89 Å². The molecule has 1 unspecified atom stereocenters. The van der Waals surface area contributed by atoms with Crippen LogP contribution in [0.5, 0.6) is 0 Å². The van der Waals surface area contributed by atoms with Crippen LogP contribution in [0.1, 0.15) is 40.7 Å². The molecule has 0 bridgehead atoms. The summed E-state index contributed by atoms with van der Waals surface area (Å²) in [5, 5.41) is 8.28. The lowest BCUT2D eigenvalue weighted by Gasteiger charge is -2.09. The van der Waals surface area contributed by atoms with Crippen molar-refractivity contribution < 1.29 is 14.1 Å². The zero-order valence-corrected chi connectivity index (χ0v) is 16.1. The highest BCUT2D eigenvalue weighted by Gasteiger charge is 2.20. The van der Waals surface area contributed by atoms with Crippen molar-refractivity contribution >= 4 is 5.97 Å². The zero-order chi connectivity index (χ0) is 20.4.